The van der Waals surface area contributed by atoms with Gasteiger partial charge in [0, 0.05) is 48.8 Å². The van der Waals surface area contributed by atoms with Crippen LogP contribution in [0.2, 0.25) is 0 Å². The van der Waals surface area contributed by atoms with Crippen LogP contribution in [0.5, 0.6) is 28.7 Å². The Balaban J connectivity index is 1.24. The number of carbonyl (C=O) groups excluding carboxylic acids is 1. The topological polar surface area (TPSA) is 177 Å². The lowest BCUT2D eigenvalue weighted by Gasteiger charge is -2.31. The summed E-state index contributed by atoms with van der Waals surface area (Å²) in [6.07, 6.45) is 8.23. The van der Waals surface area contributed by atoms with Crippen LogP contribution in [0.4, 0.5) is 0 Å². The molecule has 1 aromatic heterocycles. The van der Waals surface area contributed by atoms with Crippen LogP contribution in [-0.2, 0) is 42.4 Å². The summed E-state index contributed by atoms with van der Waals surface area (Å²) in [4.78, 5) is 18.2. The van der Waals surface area contributed by atoms with Crippen molar-refractivity contribution in [2.24, 2.45) is 5.92 Å². The maximum atomic E-state index is 15.1. The molecule has 0 aliphatic heterocycles. The summed E-state index contributed by atoms with van der Waals surface area (Å²) in [6.45, 7) is 4.16. The number of aryl methyl sites for hydroxylation is 1. The first-order valence-corrected chi connectivity index (χ1v) is 23.0. The van der Waals surface area contributed by atoms with Gasteiger partial charge in [-0.3, -0.25) is 10.1 Å². The number of benzene rings is 5. The molecule has 8 N–H and O–H groups in total. The third-order valence-corrected chi connectivity index (χ3v) is 13.5. The standard InChI is InChI=1S/C54H65N3O8/c1-5-37-13-14-38-10-6-7-11-44(38)45(37)29-47-39(15-17-49(61)53(47)64-4)25-41(22-36-18-21-56-32-36)50(62)30-51(63)46(23-35-12-16-48(60)52(24-35)65-33-57-31-34(2)58)40-26-42(28-43(59)27-40)54(55-3)19-8-9-20-54/h6-7,10-18,21,24,26-28,32,34,41,46,50,55-62H,5,8-9,19-20,22-23,25,29-31,33H2,1-4H3/t34-,41-,46+,50+/m0/s1. The van der Waals surface area contributed by atoms with Crippen LogP contribution in [0.3, 0.4) is 0 Å². The third kappa shape index (κ3) is 11.2. The Morgan fingerprint density at radius 3 is 2.34 bits per heavy atom. The second kappa shape index (κ2) is 21.4. The number of nitrogens with one attached hydrogen (secondary N) is 3. The Morgan fingerprint density at radius 1 is 0.846 bits per heavy atom. The molecule has 0 radical (unpaired) electrons. The van der Waals surface area contributed by atoms with E-state index in [4.69, 9.17) is 9.47 Å². The molecule has 0 spiro atoms. The number of ketones is 1. The van der Waals surface area contributed by atoms with Gasteiger partial charge in [-0.25, -0.2) is 0 Å². The Labute approximate surface area is 382 Å². The first-order chi connectivity index (χ1) is 31.4. The third-order valence-electron chi connectivity index (χ3n) is 13.5. The minimum atomic E-state index is -1.08. The highest BCUT2D eigenvalue weighted by Gasteiger charge is 2.36. The van der Waals surface area contributed by atoms with Gasteiger partial charge in [0.1, 0.15) is 18.3 Å². The average Bonchev–Trinajstić information content (AvgIpc) is 4.02. The van der Waals surface area contributed by atoms with Gasteiger partial charge in [0.2, 0.25) is 0 Å². The largest absolute Gasteiger partial charge is 0.508 e. The minimum absolute atomic E-state index is 0.0345. The molecular weight excluding hydrogens is 819 g/mol. The Bertz CT molecular complexity index is 2530. The second-order valence-electron chi connectivity index (χ2n) is 17.8. The van der Waals surface area contributed by atoms with Crippen molar-refractivity contribution in [3.8, 4) is 28.7 Å². The van der Waals surface area contributed by atoms with Crippen molar-refractivity contribution in [1.29, 1.82) is 0 Å². The zero-order valence-corrected chi connectivity index (χ0v) is 38.1. The number of H-pyrrole nitrogens is 1. The van der Waals surface area contributed by atoms with Crippen LogP contribution in [0, 0.1) is 5.92 Å². The molecule has 1 heterocycles. The molecule has 0 bridgehead atoms. The number of methoxy groups -OCH3 is 1. The Morgan fingerprint density at radius 2 is 1.62 bits per heavy atom. The van der Waals surface area contributed by atoms with Crippen LogP contribution >= 0.6 is 0 Å². The fourth-order valence-electron chi connectivity index (χ4n) is 9.92. The minimum Gasteiger partial charge on any atom is -0.508 e. The molecule has 1 aliphatic carbocycles. The molecule has 1 fully saturated rings. The molecule has 0 amide bonds. The van der Waals surface area contributed by atoms with Crippen LogP contribution < -0.4 is 20.1 Å². The van der Waals surface area contributed by atoms with E-state index >= 15 is 4.79 Å². The number of phenolic OH excluding ortho intramolecular Hbond substituents is 3. The van der Waals surface area contributed by atoms with E-state index in [9.17, 15) is 25.5 Å². The molecule has 6 aromatic rings. The lowest BCUT2D eigenvalue weighted by Crippen LogP contribution is -2.37. The summed E-state index contributed by atoms with van der Waals surface area (Å²) in [5.74, 6) is -0.737. The number of hydrogen-bond donors (Lipinski definition) is 8. The molecule has 4 atom stereocenters. The summed E-state index contributed by atoms with van der Waals surface area (Å²) in [5.41, 5.74) is 7.01. The van der Waals surface area contributed by atoms with Crippen molar-refractivity contribution in [2.75, 3.05) is 27.4 Å². The van der Waals surface area contributed by atoms with E-state index in [-0.39, 0.29) is 53.9 Å². The summed E-state index contributed by atoms with van der Waals surface area (Å²) in [7, 11) is 3.50. The molecule has 1 aliphatic rings. The normalized spacial score (nSPS) is 15.4. The van der Waals surface area contributed by atoms with E-state index in [1.165, 1.54) is 11.6 Å². The molecule has 344 valence electrons. The summed E-state index contributed by atoms with van der Waals surface area (Å²) < 4.78 is 11.8. The number of Topliss-reactive ketones (excluding diaryl/α,β-unsaturated/α-hetero) is 1. The zero-order valence-electron chi connectivity index (χ0n) is 38.1. The van der Waals surface area contributed by atoms with Crippen molar-refractivity contribution in [2.45, 2.75) is 102 Å². The maximum absolute atomic E-state index is 15.1. The van der Waals surface area contributed by atoms with Crippen molar-refractivity contribution in [3.63, 3.8) is 0 Å². The number of hydrogen-bond acceptors (Lipinski definition) is 10. The molecule has 11 nitrogen and oxygen atoms in total. The van der Waals surface area contributed by atoms with Crippen molar-refractivity contribution < 1.29 is 39.8 Å². The SMILES string of the molecule is CCc1ccc2ccccc2c1Cc1c(C[C@H](Cc2cc[nH]c2)[C@H](O)CC(=O)[C@H](Cc2ccc(O)c(OCNC[C@H](C)O)c2)c2cc(O)cc(C3(NC)CCCC3)c2)ccc(O)c1OC. The highest BCUT2D eigenvalue weighted by Crippen LogP contribution is 2.42. The number of aromatic amines is 1. The van der Waals surface area contributed by atoms with Crippen molar-refractivity contribution in [3.05, 3.63) is 148 Å². The van der Waals surface area contributed by atoms with E-state index in [1.54, 1.807) is 44.4 Å². The summed E-state index contributed by atoms with van der Waals surface area (Å²) in [6, 6.07) is 28.6. The predicted octanol–water partition coefficient (Wildman–Crippen LogP) is 8.49. The van der Waals surface area contributed by atoms with Gasteiger partial charge < -0.3 is 45.3 Å². The van der Waals surface area contributed by atoms with Gasteiger partial charge in [0.15, 0.2) is 23.0 Å². The number of phenols is 3. The number of aromatic nitrogens is 1. The van der Waals surface area contributed by atoms with Gasteiger partial charge in [0.05, 0.1) is 19.3 Å². The van der Waals surface area contributed by atoms with Crippen LogP contribution in [0.15, 0.2) is 103 Å². The maximum Gasteiger partial charge on any atom is 0.164 e. The average molecular weight is 884 g/mol. The highest BCUT2D eigenvalue weighted by molar-refractivity contribution is 5.88. The fraction of sp³-hybridized carbons (Fsp3) is 0.389. The summed E-state index contributed by atoms with van der Waals surface area (Å²) >= 11 is 0. The molecule has 0 unspecified atom stereocenters. The van der Waals surface area contributed by atoms with Gasteiger partial charge in [-0.15, -0.1) is 0 Å². The number of aliphatic hydroxyl groups is 2. The first kappa shape index (κ1) is 47.1. The second-order valence-corrected chi connectivity index (χ2v) is 17.8. The predicted molar refractivity (Wildman–Crippen MR) is 255 cm³/mol. The monoisotopic (exact) mass is 883 g/mol. The van der Waals surface area contributed by atoms with Crippen LogP contribution in [0.25, 0.3) is 10.8 Å². The Hall–Kier alpha value is -5.85. The lowest BCUT2D eigenvalue weighted by atomic mass is 9.79. The fourth-order valence-corrected chi connectivity index (χ4v) is 9.92. The lowest BCUT2D eigenvalue weighted by molar-refractivity contribution is -0.123. The van der Waals surface area contributed by atoms with Crippen molar-refractivity contribution >= 4 is 16.6 Å². The van der Waals surface area contributed by atoms with Gasteiger partial charge in [-0.2, -0.15) is 0 Å². The van der Waals surface area contributed by atoms with Crippen LogP contribution in [-0.4, -0.2) is 75.9 Å². The van der Waals surface area contributed by atoms with Gasteiger partial charge >= 0.3 is 0 Å². The highest BCUT2D eigenvalue weighted by atomic mass is 16.5. The number of ether oxygens (including phenoxy) is 2. The molecule has 7 rings (SSSR count). The number of fused-ring (bicyclic) bond motifs is 1. The summed E-state index contributed by atoms with van der Waals surface area (Å²) in [5, 5.41) is 64.0. The van der Waals surface area contributed by atoms with Gasteiger partial charge in [-0.05, 0) is 145 Å². The first-order valence-electron chi connectivity index (χ1n) is 23.0. The van der Waals surface area contributed by atoms with Gasteiger partial charge in [-0.1, -0.05) is 74.4 Å². The number of aliphatic hydroxyl groups excluding tert-OH is 2. The Kier molecular flexibility index (Phi) is 15.5. The van der Waals surface area contributed by atoms with E-state index in [2.05, 4.69) is 46.8 Å². The van der Waals surface area contributed by atoms with E-state index in [0.29, 0.717) is 37.1 Å². The number of carbonyl (C=O) groups is 1. The van der Waals surface area contributed by atoms with Crippen molar-refractivity contribution in [1.82, 2.24) is 15.6 Å². The number of aromatic hydroxyl groups is 3. The molecule has 0 saturated heterocycles. The smallest absolute Gasteiger partial charge is 0.164 e. The molecule has 1 saturated carbocycles. The molecule has 11 heteroatoms. The number of rotatable bonds is 22. The quantitative estimate of drug-likeness (QED) is 0.0244. The van der Waals surface area contributed by atoms with E-state index in [0.717, 1.165) is 76.3 Å². The van der Waals surface area contributed by atoms with E-state index < -0.39 is 24.0 Å². The molecule has 5 aromatic carbocycles. The zero-order chi connectivity index (χ0) is 46.1. The van der Waals surface area contributed by atoms with Crippen LogP contribution in [0.1, 0.15) is 96.4 Å². The van der Waals surface area contributed by atoms with Gasteiger partial charge in [0.25, 0.3) is 0 Å². The molecular formula is C54H65N3O8. The molecule has 65 heavy (non-hydrogen) atoms. The van der Waals surface area contributed by atoms with E-state index in [1.807, 2.05) is 49.8 Å².